The summed E-state index contributed by atoms with van der Waals surface area (Å²) in [5.41, 5.74) is 6.32. The zero-order chi connectivity index (χ0) is 22.3. The lowest BCUT2D eigenvalue weighted by Gasteiger charge is -2.14. The maximum atomic E-state index is 13.2. The minimum atomic E-state index is -2.78. The Kier molecular flexibility index (Phi) is 8.05. The Morgan fingerprint density at radius 3 is 2.53 bits per heavy atom. The summed E-state index contributed by atoms with van der Waals surface area (Å²) in [7, 11) is 2.62. The van der Waals surface area contributed by atoms with Crippen molar-refractivity contribution in [2.45, 2.75) is 33.4 Å². The van der Waals surface area contributed by atoms with E-state index in [1.807, 2.05) is 13.8 Å². The molecule has 0 radical (unpaired) electrons. The van der Waals surface area contributed by atoms with E-state index in [9.17, 15) is 13.6 Å². The van der Waals surface area contributed by atoms with Crippen LogP contribution < -0.4 is 15.6 Å². The number of aromatic nitrogens is 1. The molecule has 1 aliphatic rings. The summed E-state index contributed by atoms with van der Waals surface area (Å²) >= 11 is 0. The number of hydrogen-bond donors (Lipinski definition) is 2. The Morgan fingerprint density at radius 1 is 1.23 bits per heavy atom. The van der Waals surface area contributed by atoms with Crippen LogP contribution in [0.4, 0.5) is 14.5 Å². The molecule has 1 aromatic carbocycles. The van der Waals surface area contributed by atoms with Gasteiger partial charge in [0.1, 0.15) is 11.4 Å². The van der Waals surface area contributed by atoms with Crippen LogP contribution in [-0.2, 0) is 9.47 Å². The number of pyridine rings is 1. The number of carbonyl (C=O) groups excluding carboxylic acids is 1. The molecular formula is C20H24F2N4O4. The van der Waals surface area contributed by atoms with Crippen molar-refractivity contribution in [3.63, 3.8) is 0 Å². The molecule has 2 aromatic rings. The first-order valence-corrected chi connectivity index (χ1v) is 9.24. The van der Waals surface area contributed by atoms with Crippen molar-refractivity contribution in [2.24, 2.45) is 4.99 Å². The first kappa shape index (κ1) is 23.0. The van der Waals surface area contributed by atoms with Crippen LogP contribution in [0.15, 0.2) is 35.5 Å². The first-order valence-electron chi connectivity index (χ1n) is 9.24. The zero-order valence-electron chi connectivity index (χ0n) is 17.3. The molecule has 2 heterocycles. The molecule has 1 unspecified atom stereocenters. The summed E-state index contributed by atoms with van der Waals surface area (Å²) in [6.45, 7) is 5.79. The number of rotatable bonds is 5. The molecular weight excluding hydrogens is 398 g/mol. The highest BCUT2D eigenvalue weighted by Gasteiger charge is 2.21. The van der Waals surface area contributed by atoms with E-state index in [-0.39, 0.29) is 29.1 Å². The molecule has 10 heteroatoms. The molecule has 8 nitrogen and oxygen atoms in total. The molecule has 1 saturated heterocycles. The van der Waals surface area contributed by atoms with Gasteiger partial charge in [-0.15, -0.1) is 0 Å². The Hall–Kier alpha value is -3.27. The van der Waals surface area contributed by atoms with E-state index in [2.05, 4.69) is 20.8 Å². The molecule has 1 aliphatic heterocycles. The molecule has 2 N–H and O–H groups in total. The van der Waals surface area contributed by atoms with Gasteiger partial charge in [0.2, 0.25) is 0 Å². The molecule has 0 saturated carbocycles. The molecule has 1 atom stereocenters. The Labute approximate surface area is 173 Å². The number of esters is 1. The lowest BCUT2D eigenvalue weighted by Crippen LogP contribution is -2.29. The number of nitrogens with one attached hydrogen (secondary N) is 2. The predicted molar refractivity (Wildman–Crippen MR) is 108 cm³/mol. The Balaban J connectivity index is 0.00000155. The Bertz CT molecular complexity index is 922. The number of carbonyl (C=O) groups is 1. The van der Waals surface area contributed by atoms with Crippen molar-refractivity contribution in [1.82, 2.24) is 15.8 Å². The summed E-state index contributed by atoms with van der Waals surface area (Å²) in [6, 6.07) is 6.04. The third-order valence-corrected chi connectivity index (χ3v) is 3.93. The highest BCUT2D eigenvalue weighted by molar-refractivity contribution is 5.99. The third-order valence-electron chi connectivity index (χ3n) is 3.93. The number of aliphatic imine (C=N–C) groups is 1. The molecule has 30 heavy (non-hydrogen) atoms. The Morgan fingerprint density at radius 2 is 1.97 bits per heavy atom. The number of hydrazine groups is 1. The SMILES string of the molecule is CC.COC(=O)c1ccc(N=C2NNC(C)O2)cc1-c1cc(C(F)F)ncc1OC. The second kappa shape index (κ2) is 10.5. The fourth-order valence-electron chi connectivity index (χ4n) is 2.63. The minimum absolute atomic E-state index is 0.169. The first-order chi connectivity index (χ1) is 14.4. The molecule has 0 aliphatic carbocycles. The normalized spacial score (nSPS) is 16.4. The van der Waals surface area contributed by atoms with Gasteiger partial charge >= 0.3 is 12.0 Å². The highest BCUT2D eigenvalue weighted by Crippen LogP contribution is 2.36. The molecule has 0 amide bonds. The van der Waals surface area contributed by atoms with Crippen LogP contribution in [0.3, 0.4) is 0 Å². The number of hydrogen-bond acceptors (Lipinski definition) is 7. The lowest BCUT2D eigenvalue weighted by atomic mass is 9.98. The van der Waals surface area contributed by atoms with Gasteiger partial charge in [0.15, 0.2) is 6.23 Å². The maximum absolute atomic E-state index is 13.2. The van der Waals surface area contributed by atoms with Crippen molar-refractivity contribution >= 4 is 17.7 Å². The molecule has 0 bridgehead atoms. The molecule has 0 spiro atoms. The van der Waals surface area contributed by atoms with Gasteiger partial charge in [-0.1, -0.05) is 13.8 Å². The van der Waals surface area contributed by atoms with Gasteiger partial charge in [0.25, 0.3) is 6.43 Å². The van der Waals surface area contributed by atoms with Gasteiger partial charge < -0.3 is 14.2 Å². The van der Waals surface area contributed by atoms with Crippen molar-refractivity contribution in [3.05, 3.63) is 41.7 Å². The number of alkyl halides is 2. The zero-order valence-corrected chi connectivity index (χ0v) is 17.3. The number of benzene rings is 1. The van der Waals surface area contributed by atoms with Crippen LogP contribution in [0.2, 0.25) is 0 Å². The van der Waals surface area contributed by atoms with Crippen molar-refractivity contribution in [3.8, 4) is 16.9 Å². The largest absolute Gasteiger partial charge is 0.494 e. The fourth-order valence-corrected chi connectivity index (χ4v) is 2.63. The van der Waals surface area contributed by atoms with E-state index in [4.69, 9.17) is 14.2 Å². The summed E-state index contributed by atoms with van der Waals surface area (Å²) < 4.78 is 41.8. The maximum Gasteiger partial charge on any atom is 0.338 e. The van der Waals surface area contributed by atoms with Gasteiger partial charge in [-0.05, 0) is 31.2 Å². The van der Waals surface area contributed by atoms with Crippen molar-refractivity contribution in [2.75, 3.05) is 14.2 Å². The van der Waals surface area contributed by atoms with Crippen LogP contribution >= 0.6 is 0 Å². The summed E-state index contributed by atoms with van der Waals surface area (Å²) in [5.74, 6) is -0.401. The molecule has 3 rings (SSSR count). The standard InChI is InChI=1S/C18H18F2N4O4.C2H6/c1-9-23-24-18(28-9)22-10-4-5-11(17(25)27-3)12(6-10)13-7-14(16(19)20)21-8-15(13)26-2;1-2/h4-9,16,23H,1-3H3,(H,22,24);1-2H3. The van der Waals surface area contributed by atoms with Crippen LogP contribution in [-0.4, -0.2) is 37.4 Å². The van der Waals surface area contributed by atoms with Crippen LogP contribution in [0, 0.1) is 0 Å². The van der Waals surface area contributed by atoms with E-state index < -0.39 is 18.1 Å². The van der Waals surface area contributed by atoms with Gasteiger partial charge in [-0.2, -0.15) is 10.4 Å². The number of halogens is 2. The third kappa shape index (κ3) is 5.20. The van der Waals surface area contributed by atoms with E-state index >= 15 is 0 Å². The van der Waals surface area contributed by atoms with E-state index in [0.29, 0.717) is 11.3 Å². The predicted octanol–water partition coefficient (Wildman–Crippen LogP) is 3.97. The minimum Gasteiger partial charge on any atom is -0.494 e. The van der Waals surface area contributed by atoms with Crippen molar-refractivity contribution < 1.29 is 27.8 Å². The van der Waals surface area contributed by atoms with E-state index in [0.717, 1.165) is 0 Å². The van der Waals surface area contributed by atoms with Crippen LogP contribution in [0.25, 0.3) is 11.1 Å². The summed E-state index contributed by atoms with van der Waals surface area (Å²) in [5, 5.41) is 0. The second-order valence-electron chi connectivity index (χ2n) is 5.78. The number of ether oxygens (including phenoxy) is 3. The highest BCUT2D eigenvalue weighted by atomic mass is 19.3. The molecule has 1 fully saturated rings. The van der Waals surface area contributed by atoms with Crippen LogP contribution in [0.5, 0.6) is 5.75 Å². The second-order valence-corrected chi connectivity index (χ2v) is 5.78. The topological polar surface area (TPSA) is 94.1 Å². The average Bonchev–Trinajstić information content (AvgIpc) is 3.18. The van der Waals surface area contributed by atoms with E-state index in [1.165, 1.54) is 32.5 Å². The van der Waals surface area contributed by atoms with Crippen molar-refractivity contribution in [1.29, 1.82) is 0 Å². The van der Waals surface area contributed by atoms with Gasteiger partial charge in [0, 0.05) is 11.1 Å². The number of methoxy groups -OCH3 is 2. The van der Waals surface area contributed by atoms with Gasteiger partial charge in [-0.25, -0.2) is 13.6 Å². The smallest absolute Gasteiger partial charge is 0.338 e. The van der Waals surface area contributed by atoms with Gasteiger partial charge in [-0.3, -0.25) is 10.4 Å². The molecule has 1 aromatic heterocycles. The van der Waals surface area contributed by atoms with E-state index in [1.54, 1.807) is 19.1 Å². The number of nitrogens with zero attached hydrogens (tertiary/aromatic N) is 2. The monoisotopic (exact) mass is 422 g/mol. The molecule has 162 valence electrons. The summed E-state index contributed by atoms with van der Waals surface area (Å²) in [4.78, 5) is 20.2. The average molecular weight is 422 g/mol. The number of amidine groups is 1. The van der Waals surface area contributed by atoms with Crippen LogP contribution in [0.1, 0.15) is 43.2 Å². The van der Waals surface area contributed by atoms with Gasteiger partial charge in [0.05, 0.1) is 31.7 Å². The lowest BCUT2D eigenvalue weighted by molar-refractivity contribution is 0.0601. The summed E-state index contributed by atoms with van der Waals surface area (Å²) in [6.07, 6.45) is -1.86. The fraction of sp³-hybridized carbons (Fsp3) is 0.350. The quantitative estimate of drug-likeness (QED) is 0.704.